The summed E-state index contributed by atoms with van der Waals surface area (Å²) in [6, 6.07) is -0.852. The molecule has 6 heteroatoms. The summed E-state index contributed by atoms with van der Waals surface area (Å²) in [6.07, 6.45) is 3.58. The Balaban J connectivity index is 2.89. The Morgan fingerprint density at radius 3 is 2.48 bits per heavy atom. The molecule has 0 saturated heterocycles. The number of carboxylic acids is 1. The molecular formula is C15H25N3O3. The van der Waals surface area contributed by atoms with Crippen molar-refractivity contribution in [3.8, 4) is 0 Å². The highest BCUT2D eigenvalue weighted by atomic mass is 16.4. The lowest BCUT2D eigenvalue weighted by Gasteiger charge is -2.21. The van der Waals surface area contributed by atoms with Crippen molar-refractivity contribution < 1.29 is 14.7 Å². The largest absolute Gasteiger partial charge is 0.480 e. The van der Waals surface area contributed by atoms with Gasteiger partial charge in [0, 0.05) is 5.69 Å². The van der Waals surface area contributed by atoms with Crippen LogP contribution >= 0.6 is 0 Å². The fourth-order valence-corrected chi connectivity index (χ4v) is 2.21. The molecule has 0 unspecified atom stereocenters. The summed E-state index contributed by atoms with van der Waals surface area (Å²) >= 11 is 0. The zero-order chi connectivity index (χ0) is 16.2. The van der Waals surface area contributed by atoms with Gasteiger partial charge < -0.3 is 10.4 Å². The van der Waals surface area contributed by atoms with Crippen molar-refractivity contribution in [2.24, 2.45) is 0 Å². The van der Waals surface area contributed by atoms with E-state index in [1.54, 1.807) is 4.68 Å². The molecule has 6 nitrogen and oxygen atoms in total. The molecular weight excluding hydrogens is 270 g/mol. The van der Waals surface area contributed by atoms with Crippen molar-refractivity contribution in [2.75, 3.05) is 0 Å². The van der Waals surface area contributed by atoms with E-state index in [4.69, 9.17) is 5.11 Å². The van der Waals surface area contributed by atoms with Gasteiger partial charge in [-0.3, -0.25) is 9.48 Å². The molecule has 0 aromatic carbocycles. The first kappa shape index (κ1) is 17.2. The molecule has 0 fully saturated rings. The minimum Gasteiger partial charge on any atom is -0.480 e. The number of aromatic nitrogens is 2. The second-order valence-electron chi connectivity index (χ2n) is 6.23. The summed E-state index contributed by atoms with van der Waals surface area (Å²) in [5.41, 5.74) is 0.934. The predicted molar refractivity (Wildman–Crippen MR) is 80.4 cm³/mol. The molecule has 0 saturated carbocycles. The molecule has 0 aliphatic rings. The van der Waals surface area contributed by atoms with Gasteiger partial charge >= 0.3 is 5.97 Å². The zero-order valence-corrected chi connectivity index (χ0v) is 13.4. The third-order valence-corrected chi connectivity index (χ3v) is 3.34. The van der Waals surface area contributed by atoms with Crippen molar-refractivity contribution >= 4 is 11.9 Å². The number of aliphatic carboxylic acids is 1. The Bertz CT molecular complexity index is 515. The summed E-state index contributed by atoms with van der Waals surface area (Å²) < 4.78 is 1.77. The predicted octanol–water partition coefficient (Wildman–Crippen LogP) is 2.32. The lowest BCUT2D eigenvalue weighted by molar-refractivity contribution is -0.139. The van der Waals surface area contributed by atoms with E-state index < -0.39 is 12.0 Å². The normalized spacial score (nSPS) is 13.0. The number of hydrogen-bond acceptors (Lipinski definition) is 3. The summed E-state index contributed by atoms with van der Waals surface area (Å²) in [5.74, 6) is -1.39. The van der Waals surface area contributed by atoms with Gasteiger partial charge in [0.2, 0.25) is 0 Å². The maximum Gasteiger partial charge on any atom is 0.326 e. The number of rotatable bonds is 6. The Morgan fingerprint density at radius 1 is 1.43 bits per heavy atom. The summed E-state index contributed by atoms with van der Waals surface area (Å²) in [5, 5.41) is 16.0. The smallest absolute Gasteiger partial charge is 0.326 e. The number of carbonyl (C=O) groups excluding carboxylic acids is 1. The quantitative estimate of drug-likeness (QED) is 0.843. The van der Waals surface area contributed by atoms with Crippen LogP contribution in [0.2, 0.25) is 0 Å². The fraction of sp³-hybridized carbons (Fsp3) is 0.667. The van der Waals surface area contributed by atoms with Gasteiger partial charge in [-0.05, 0) is 34.1 Å². The van der Waals surface area contributed by atoms with Crippen LogP contribution < -0.4 is 5.32 Å². The van der Waals surface area contributed by atoms with Crippen molar-refractivity contribution in [2.45, 2.75) is 65.5 Å². The van der Waals surface area contributed by atoms with E-state index in [1.165, 1.54) is 6.20 Å². The van der Waals surface area contributed by atoms with Crippen LogP contribution in [0.4, 0.5) is 0 Å². The van der Waals surface area contributed by atoms with Crippen molar-refractivity contribution in [1.29, 1.82) is 0 Å². The van der Waals surface area contributed by atoms with Gasteiger partial charge in [-0.2, -0.15) is 5.10 Å². The molecule has 0 radical (unpaired) electrons. The van der Waals surface area contributed by atoms with Crippen LogP contribution in [0.3, 0.4) is 0 Å². The average molecular weight is 295 g/mol. The summed E-state index contributed by atoms with van der Waals surface area (Å²) in [7, 11) is 0. The maximum atomic E-state index is 12.3. The van der Waals surface area contributed by atoms with E-state index in [1.807, 2.05) is 34.6 Å². The van der Waals surface area contributed by atoms with Gasteiger partial charge in [0.15, 0.2) is 0 Å². The van der Waals surface area contributed by atoms with Crippen LogP contribution in [-0.2, 0) is 10.3 Å². The van der Waals surface area contributed by atoms with Gasteiger partial charge in [-0.15, -0.1) is 0 Å². The van der Waals surface area contributed by atoms with Crippen LogP contribution in [-0.4, -0.2) is 32.8 Å². The Morgan fingerprint density at radius 2 is 2.05 bits per heavy atom. The number of carbonyl (C=O) groups is 2. The fourth-order valence-electron chi connectivity index (χ4n) is 2.21. The maximum absolute atomic E-state index is 12.3. The second-order valence-corrected chi connectivity index (χ2v) is 6.23. The molecule has 1 amide bonds. The highest BCUT2D eigenvalue weighted by Crippen LogP contribution is 2.18. The number of hydrogen-bond donors (Lipinski definition) is 2. The highest BCUT2D eigenvalue weighted by molar-refractivity contribution is 5.97. The van der Waals surface area contributed by atoms with E-state index in [0.717, 1.165) is 18.5 Å². The molecule has 118 valence electrons. The van der Waals surface area contributed by atoms with Crippen LogP contribution in [0.15, 0.2) is 6.20 Å². The SMILES string of the molecule is CCCC[C@H](NC(=O)c1cnn(C(C)(C)C)c1C)C(=O)O. The molecule has 1 atom stereocenters. The summed E-state index contributed by atoms with van der Waals surface area (Å²) in [6.45, 7) is 9.79. The van der Waals surface area contributed by atoms with Gasteiger partial charge in [-0.1, -0.05) is 19.8 Å². The van der Waals surface area contributed by atoms with Crippen LogP contribution in [0, 0.1) is 6.92 Å². The first-order valence-corrected chi connectivity index (χ1v) is 7.27. The van der Waals surface area contributed by atoms with Gasteiger partial charge in [0.05, 0.1) is 17.3 Å². The zero-order valence-electron chi connectivity index (χ0n) is 13.4. The van der Waals surface area contributed by atoms with E-state index in [0.29, 0.717) is 12.0 Å². The van der Waals surface area contributed by atoms with Gasteiger partial charge in [0.1, 0.15) is 6.04 Å². The number of nitrogens with one attached hydrogen (secondary N) is 1. The van der Waals surface area contributed by atoms with E-state index in [9.17, 15) is 9.59 Å². The highest BCUT2D eigenvalue weighted by Gasteiger charge is 2.25. The molecule has 2 N–H and O–H groups in total. The Kier molecular flexibility index (Phi) is 5.52. The summed E-state index contributed by atoms with van der Waals surface area (Å²) in [4.78, 5) is 23.4. The topological polar surface area (TPSA) is 84.2 Å². The first-order chi connectivity index (χ1) is 9.68. The molecule has 1 rings (SSSR count). The lowest BCUT2D eigenvalue weighted by Crippen LogP contribution is -2.41. The third kappa shape index (κ3) is 4.31. The van der Waals surface area contributed by atoms with Crippen LogP contribution in [0.1, 0.15) is 63.0 Å². The minimum atomic E-state index is -1.00. The molecule has 0 aliphatic heterocycles. The van der Waals surface area contributed by atoms with Crippen molar-refractivity contribution in [3.05, 3.63) is 17.5 Å². The average Bonchev–Trinajstić information content (AvgIpc) is 2.75. The molecule has 1 aromatic rings. The number of unbranched alkanes of at least 4 members (excludes halogenated alkanes) is 1. The van der Waals surface area contributed by atoms with Crippen molar-refractivity contribution in [1.82, 2.24) is 15.1 Å². The van der Waals surface area contributed by atoms with E-state index in [2.05, 4.69) is 10.4 Å². The minimum absolute atomic E-state index is 0.225. The van der Waals surface area contributed by atoms with E-state index >= 15 is 0 Å². The Labute approximate surface area is 125 Å². The third-order valence-electron chi connectivity index (χ3n) is 3.34. The van der Waals surface area contributed by atoms with Crippen molar-refractivity contribution in [3.63, 3.8) is 0 Å². The van der Waals surface area contributed by atoms with E-state index in [-0.39, 0.29) is 11.4 Å². The van der Waals surface area contributed by atoms with Crippen LogP contribution in [0.5, 0.6) is 0 Å². The number of carboxylic acid groups (broad SMARTS) is 1. The molecule has 21 heavy (non-hydrogen) atoms. The monoisotopic (exact) mass is 295 g/mol. The number of amides is 1. The molecule has 1 heterocycles. The Hall–Kier alpha value is -1.85. The second kappa shape index (κ2) is 6.74. The molecule has 0 spiro atoms. The first-order valence-electron chi connectivity index (χ1n) is 7.27. The van der Waals surface area contributed by atoms with Crippen LogP contribution in [0.25, 0.3) is 0 Å². The number of nitrogens with zero attached hydrogens (tertiary/aromatic N) is 2. The molecule has 0 aliphatic carbocycles. The molecule has 0 bridgehead atoms. The van der Waals surface area contributed by atoms with Gasteiger partial charge in [0.25, 0.3) is 5.91 Å². The molecule has 1 aromatic heterocycles. The lowest BCUT2D eigenvalue weighted by atomic mass is 10.1. The van der Waals surface area contributed by atoms with Gasteiger partial charge in [-0.25, -0.2) is 4.79 Å². The standard InChI is InChI=1S/C15H25N3O3/c1-6-7-8-12(14(20)21)17-13(19)11-9-16-18(10(11)2)15(3,4)5/h9,12H,6-8H2,1-5H3,(H,17,19)(H,20,21)/t12-/m0/s1.